The highest BCUT2D eigenvalue weighted by atomic mass is 16.6. The lowest BCUT2D eigenvalue weighted by molar-refractivity contribution is -0.137. The van der Waals surface area contributed by atoms with Crippen LogP contribution in [-0.4, -0.2) is 61.0 Å². The molecule has 1 aromatic heterocycles. The van der Waals surface area contributed by atoms with Gasteiger partial charge in [0.05, 0.1) is 6.61 Å². The van der Waals surface area contributed by atoms with E-state index >= 15 is 0 Å². The van der Waals surface area contributed by atoms with E-state index in [1.165, 1.54) is 0 Å². The highest BCUT2D eigenvalue weighted by Crippen LogP contribution is 2.38. The third kappa shape index (κ3) is 2.30. The minimum absolute atomic E-state index is 0.115. The van der Waals surface area contributed by atoms with Crippen molar-refractivity contribution in [2.24, 2.45) is 0 Å². The summed E-state index contributed by atoms with van der Waals surface area (Å²) < 4.78 is 6.31. The molecule has 112 valence electrons. The van der Waals surface area contributed by atoms with Gasteiger partial charge in [-0.1, -0.05) is 0 Å². The van der Waals surface area contributed by atoms with Gasteiger partial charge in [-0.15, -0.1) is 0 Å². The molecule has 0 saturated carbocycles. The number of aromatic amines is 1. The number of H-pyrrole nitrogens is 1. The van der Waals surface area contributed by atoms with Crippen LogP contribution in [0.1, 0.15) is 12.6 Å². The molecule has 0 aromatic carbocycles. The van der Waals surface area contributed by atoms with Gasteiger partial charge in [-0.3, -0.25) is 14.3 Å². The first-order valence-corrected chi connectivity index (χ1v) is 6.02. The molecule has 1 saturated heterocycles. The number of nitrogens with zero attached hydrogens (tertiary/aromatic N) is 1. The molecule has 0 spiro atoms. The lowest BCUT2D eigenvalue weighted by Gasteiger charge is -2.29. The summed E-state index contributed by atoms with van der Waals surface area (Å²) in [6.45, 7) is -1.02. The van der Waals surface area contributed by atoms with Crippen LogP contribution in [-0.2, 0) is 4.74 Å². The quantitative estimate of drug-likeness (QED) is 0.394. The zero-order valence-electron chi connectivity index (χ0n) is 10.5. The van der Waals surface area contributed by atoms with Crippen molar-refractivity contribution >= 4 is 0 Å². The smallest absolute Gasteiger partial charge is 0.330 e. The largest absolute Gasteiger partial charge is 0.396 e. The zero-order valence-corrected chi connectivity index (χ0v) is 10.5. The predicted octanol–water partition coefficient (Wildman–Crippen LogP) is -3.10. The van der Waals surface area contributed by atoms with Gasteiger partial charge in [-0.25, -0.2) is 4.79 Å². The Bertz CT molecular complexity index is 583. The second-order valence-electron chi connectivity index (χ2n) is 4.66. The highest BCUT2D eigenvalue weighted by molar-refractivity contribution is 5.01. The fraction of sp³-hybridized carbons (Fsp3) is 0.636. The number of aromatic nitrogens is 2. The number of hydrogen-bond donors (Lipinski definition) is 5. The maximum absolute atomic E-state index is 11.7. The normalized spacial score (nSPS) is 33.5. The highest BCUT2D eigenvalue weighted by Gasteiger charge is 2.54. The molecule has 2 heterocycles. The van der Waals surface area contributed by atoms with E-state index in [1.54, 1.807) is 0 Å². The van der Waals surface area contributed by atoms with Gasteiger partial charge >= 0.3 is 5.69 Å². The first-order chi connectivity index (χ1) is 9.45. The van der Waals surface area contributed by atoms with Gasteiger partial charge < -0.3 is 25.2 Å². The summed E-state index contributed by atoms with van der Waals surface area (Å²) in [5.74, 6) is 0. The molecule has 0 unspecified atom stereocenters. The average molecular weight is 288 g/mol. The summed E-state index contributed by atoms with van der Waals surface area (Å²) in [5, 5.41) is 38.3. The Morgan fingerprint density at radius 2 is 2.05 bits per heavy atom. The van der Waals surface area contributed by atoms with Crippen molar-refractivity contribution in [1.82, 2.24) is 9.55 Å². The topological polar surface area (TPSA) is 145 Å². The maximum Gasteiger partial charge on any atom is 0.330 e. The second kappa shape index (κ2) is 5.46. The van der Waals surface area contributed by atoms with Crippen LogP contribution in [0.5, 0.6) is 0 Å². The molecule has 1 aliphatic heterocycles. The van der Waals surface area contributed by atoms with E-state index in [1.807, 2.05) is 4.98 Å². The number of ether oxygens (including phenoxy) is 1. The van der Waals surface area contributed by atoms with Gasteiger partial charge in [0, 0.05) is 25.3 Å². The van der Waals surface area contributed by atoms with Crippen molar-refractivity contribution in [2.45, 2.75) is 30.5 Å². The van der Waals surface area contributed by atoms with Crippen LogP contribution in [0.3, 0.4) is 0 Å². The van der Waals surface area contributed by atoms with Crippen LogP contribution >= 0.6 is 0 Å². The summed E-state index contributed by atoms with van der Waals surface area (Å²) in [4.78, 5) is 24.6. The molecule has 9 nitrogen and oxygen atoms in total. The Balaban J connectivity index is 2.39. The summed E-state index contributed by atoms with van der Waals surface area (Å²) >= 11 is 0. The minimum Gasteiger partial charge on any atom is -0.396 e. The molecule has 1 fully saturated rings. The minimum atomic E-state index is -1.56. The standard InChI is InChI=1S/C11H16N2O7/c14-4-2-11(5-15)8(18)7(17)9(20-11)13-3-1-6(16)12-10(13)19/h1,3,7-9,14-15,17-18H,2,4-5H2,(H,12,16,19)/t7-,8+,9-,11-/m1/s1. The van der Waals surface area contributed by atoms with E-state index in [0.29, 0.717) is 0 Å². The molecule has 1 aliphatic rings. The molecular formula is C11H16N2O7. The van der Waals surface area contributed by atoms with E-state index < -0.39 is 41.9 Å². The molecule has 0 radical (unpaired) electrons. The fourth-order valence-corrected chi connectivity index (χ4v) is 2.30. The molecule has 0 amide bonds. The summed E-state index contributed by atoms with van der Waals surface area (Å²) in [5.41, 5.74) is -2.98. The first kappa shape index (κ1) is 14.9. The SMILES string of the molecule is O=c1ccn([C@@H]2O[C@@](CO)(CCO)[C@@H](O)[C@H]2O)c(=O)[nH]1. The lowest BCUT2D eigenvalue weighted by atomic mass is 9.93. The molecule has 9 heteroatoms. The van der Waals surface area contributed by atoms with Crippen LogP contribution in [0.25, 0.3) is 0 Å². The van der Waals surface area contributed by atoms with Crippen LogP contribution in [0.2, 0.25) is 0 Å². The Labute approximate surface area is 112 Å². The van der Waals surface area contributed by atoms with Gasteiger partial charge in [0.1, 0.15) is 17.8 Å². The van der Waals surface area contributed by atoms with Crippen LogP contribution in [0, 0.1) is 0 Å². The maximum atomic E-state index is 11.7. The van der Waals surface area contributed by atoms with E-state index in [2.05, 4.69) is 0 Å². The van der Waals surface area contributed by atoms with Gasteiger partial charge in [0.25, 0.3) is 5.56 Å². The monoisotopic (exact) mass is 288 g/mol. The number of hydrogen-bond acceptors (Lipinski definition) is 7. The fourth-order valence-electron chi connectivity index (χ4n) is 2.30. The van der Waals surface area contributed by atoms with Crippen LogP contribution in [0.15, 0.2) is 21.9 Å². The van der Waals surface area contributed by atoms with Gasteiger partial charge in [-0.05, 0) is 0 Å². The predicted molar refractivity (Wildman–Crippen MR) is 65.0 cm³/mol. The molecular weight excluding hydrogens is 272 g/mol. The molecule has 0 bridgehead atoms. The Hall–Kier alpha value is -1.52. The van der Waals surface area contributed by atoms with Crippen molar-refractivity contribution < 1.29 is 25.2 Å². The van der Waals surface area contributed by atoms with E-state index in [-0.39, 0.29) is 13.0 Å². The second-order valence-corrected chi connectivity index (χ2v) is 4.66. The van der Waals surface area contributed by atoms with E-state index in [4.69, 9.17) is 9.84 Å². The third-order valence-corrected chi connectivity index (χ3v) is 3.44. The van der Waals surface area contributed by atoms with Crippen molar-refractivity contribution in [2.75, 3.05) is 13.2 Å². The number of aliphatic hydroxyl groups is 4. The van der Waals surface area contributed by atoms with Crippen molar-refractivity contribution in [3.8, 4) is 0 Å². The summed E-state index contributed by atoms with van der Waals surface area (Å²) in [6.07, 6.45) is -3.24. The van der Waals surface area contributed by atoms with Crippen molar-refractivity contribution in [1.29, 1.82) is 0 Å². The van der Waals surface area contributed by atoms with E-state index in [9.17, 15) is 24.9 Å². The van der Waals surface area contributed by atoms with Crippen molar-refractivity contribution in [3.05, 3.63) is 33.1 Å². The number of nitrogens with one attached hydrogen (secondary N) is 1. The molecule has 1 aromatic rings. The molecule has 20 heavy (non-hydrogen) atoms. The number of aliphatic hydroxyl groups excluding tert-OH is 4. The first-order valence-electron chi connectivity index (χ1n) is 6.02. The summed E-state index contributed by atoms with van der Waals surface area (Å²) in [6, 6.07) is 1.06. The van der Waals surface area contributed by atoms with E-state index in [0.717, 1.165) is 16.8 Å². The zero-order chi connectivity index (χ0) is 14.9. The van der Waals surface area contributed by atoms with Crippen molar-refractivity contribution in [3.63, 3.8) is 0 Å². The van der Waals surface area contributed by atoms with Crippen LogP contribution in [0.4, 0.5) is 0 Å². The molecule has 0 aliphatic carbocycles. The third-order valence-electron chi connectivity index (χ3n) is 3.44. The van der Waals surface area contributed by atoms with Gasteiger partial charge in [-0.2, -0.15) is 0 Å². The van der Waals surface area contributed by atoms with Gasteiger partial charge in [0.15, 0.2) is 6.23 Å². The Kier molecular flexibility index (Phi) is 4.06. The number of rotatable bonds is 4. The van der Waals surface area contributed by atoms with Crippen LogP contribution < -0.4 is 11.2 Å². The van der Waals surface area contributed by atoms with Gasteiger partial charge in [0.2, 0.25) is 0 Å². The molecule has 4 atom stereocenters. The Morgan fingerprint density at radius 1 is 1.35 bits per heavy atom. The Morgan fingerprint density at radius 3 is 2.60 bits per heavy atom. The average Bonchev–Trinajstić information content (AvgIpc) is 2.65. The molecule has 2 rings (SSSR count). The lowest BCUT2D eigenvalue weighted by Crippen LogP contribution is -2.47. The molecule has 5 N–H and O–H groups in total. The summed E-state index contributed by atoms with van der Waals surface area (Å²) in [7, 11) is 0.